The maximum absolute atomic E-state index is 12.4. The number of hydrogen-bond donors (Lipinski definition) is 0. The highest BCUT2D eigenvalue weighted by molar-refractivity contribution is 6.32. The smallest absolute Gasteiger partial charge is 0.254 e. The van der Waals surface area contributed by atoms with Crippen molar-refractivity contribution >= 4 is 17.5 Å². The summed E-state index contributed by atoms with van der Waals surface area (Å²) in [6, 6.07) is 3.61. The van der Waals surface area contributed by atoms with Crippen LogP contribution in [0.2, 0.25) is 5.02 Å². The van der Waals surface area contributed by atoms with E-state index in [-0.39, 0.29) is 18.7 Å². The molecule has 1 aliphatic heterocycles. The van der Waals surface area contributed by atoms with Gasteiger partial charge in [0.05, 0.1) is 5.02 Å². The molecule has 3 rings (SSSR count). The standard InChI is InChI=1S/C14H16ClNO3/c1-8(9-3-4-9)16(2)14(17)10-5-11(15)13-12(6-10)18-7-19-13/h5-6,8-9H,3-4,7H2,1-2H3/t8-/m1/s1. The number of carbonyl (C=O) groups excluding carboxylic acids is 1. The summed E-state index contributed by atoms with van der Waals surface area (Å²) >= 11 is 6.10. The summed E-state index contributed by atoms with van der Waals surface area (Å²) in [5.74, 6) is 1.68. The van der Waals surface area contributed by atoms with Gasteiger partial charge in [-0.15, -0.1) is 0 Å². The number of carbonyl (C=O) groups is 1. The molecule has 4 nitrogen and oxygen atoms in total. The molecule has 0 saturated heterocycles. The fourth-order valence-electron chi connectivity index (χ4n) is 2.37. The van der Waals surface area contributed by atoms with Gasteiger partial charge in [0.25, 0.3) is 5.91 Å². The normalized spacial score (nSPS) is 18.3. The first-order chi connectivity index (χ1) is 9.08. The lowest BCUT2D eigenvalue weighted by atomic mass is 10.1. The lowest BCUT2D eigenvalue weighted by Gasteiger charge is -2.25. The van der Waals surface area contributed by atoms with Gasteiger partial charge in [-0.1, -0.05) is 11.6 Å². The molecule has 0 bridgehead atoms. The zero-order valence-corrected chi connectivity index (χ0v) is 11.7. The number of nitrogens with zero attached hydrogens (tertiary/aromatic N) is 1. The van der Waals surface area contributed by atoms with E-state index in [0.717, 1.165) is 0 Å². The third kappa shape index (κ3) is 2.25. The Morgan fingerprint density at radius 2 is 2.16 bits per heavy atom. The van der Waals surface area contributed by atoms with Gasteiger partial charge in [0.2, 0.25) is 6.79 Å². The Bertz CT molecular complexity index is 528. The fourth-order valence-corrected chi connectivity index (χ4v) is 2.64. The number of halogens is 1. The summed E-state index contributed by atoms with van der Waals surface area (Å²) in [6.45, 7) is 2.24. The Morgan fingerprint density at radius 3 is 2.84 bits per heavy atom. The lowest BCUT2D eigenvalue weighted by Crippen LogP contribution is -2.36. The van der Waals surface area contributed by atoms with Crippen molar-refractivity contribution in [3.05, 3.63) is 22.7 Å². The molecule has 102 valence electrons. The molecule has 1 saturated carbocycles. The molecule has 19 heavy (non-hydrogen) atoms. The van der Waals surface area contributed by atoms with Crippen molar-refractivity contribution < 1.29 is 14.3 Å². The summed E-state index contributed by atoms with van der Waals surface area (Å²) in [4.78, 5) is 14.2. The second-order valence-electron chi connectivity index (χ2n) is 5.19. The molecule has 0 N–H and O–H groups in total. The molecule has 1 aromatic rings. The minimum atomic E-state index is -0.0281. The molecular formula is C14H16ClNO3. The van der Waals surface area contributed by atoms with Crippen molar-refractivity contribution in [3.8, 4) is 11.5 Å². The monoisotopic (exact) mass is 281 g/mol. The van der Waals surface area contributed by atoms with E-state index in [2.05, 4.69) is 6.92 Å². The summed E-state index contributed by atoms with van der Waals surface area (Å²) < 4.78 is 10.5. The highest BCUT2D eigenvalue weighted by Crippen LogP contribution is 2.40. The van der Waals surface area contributed by atoms with Crippen LogP contribution in [0.1, 0.15) is 30.1 Å². The molecule has 1 aliphatic carbocycles. The number of hydrogen-bond acceptors (Lipinski definition) is 3. The zero-order valence-electron chi connectivity index (χ0n) is 11.0. The van der Waals surface area contributed by atoms with Gasteiger partial charge in [-0.25, -0.2) is 0 Å². The van der Waals surface area contributed by atoms with Crippen LogP contribution in [0, 0.1) is 5.92 Å². The maximum Gasteiger partial charge on any atom is 0.254 e. The average molecular weight is 282 g/mol. The van der Waals surface area contributed by atoms with Gasteiger partial charge in [-0.05, 0) is 37.8 Å². The second kappa shape index (κ2) is 4.60. The van der Waals surface area contributed by atoms with Crippen molar-refractivity contribution in [2.45, 2.75) is 25.8 Å². The third-order valence-corrected chi connectivity index (χ3v) is 4.19. The van der Waals surface area contributed by atoms with Crippen LogP contribution < -0.4 is 9.47 Å². The summed E-state index contributed by atoms with van der Waals surface area (Å²) in [5, 5.41) is 0.422. The van der Waals surface area contributed by atoms with E-state index >= 15 is 0 Å². The molecule has 1 heterocycles. The number of fused-ring (bicyclic) bond motifs is 1. The number of amides is 1. The van der Waals surface area contributed by atoms with Gasteiger partial charge in [-0.3, -0.25) is 4.79 Å². The SMILES string of the molecule is C[C@H](C1CC1)N(C)C(=O)c1cc(Cl)c2c(c1)OCO2. The van der Waals surface area contributed by atoms with Crippen molar-refractivity contribution in [1.82, 2.24) is 4.90 Å². The van der Waals surface area contributed by atoms with E-state index in [9.17, 15) is 4.79 Å². The van der Waals surface area contributed by atoms with Gasteiger partial charge in [0, 0.05) is 18.7 Å². The highest BCUT2D eigenvalue weighted by Gasteiger charge is 2.33. The van der Waals surface area contributed by atoms with Crippen molar-refractivity contribution in [2.75, 3.05) is 13.8 Å². The quantitative estimate of drug-likeness (QED) is 0.855. The van der Waals surface area contributed by atoms with Crippen LogP contribution in [0.15, 0.2) is 12.1 Å². The zero-order chi connectivity index (χ0) is 13.6. The number of rotatable bonds is 3. The Balaban J connectivity index is 1.85. The molecule has 1 amide bonds. The Hall–Kier alpha value is -1.42. The molecule has 0 aromatic heterocycles. The van der Waals surface area contributed by atoms with Crippen LogP contribution in [0.4, 0.5) is 0 Å². The van der Waals surface area contributed by atoms with Crippen molar-refractivity contribution in [1.29, 1.82) is 0 Å². The predicted octanol–water partition coefficient (Wildman–Crippen LogP) is 2.94. The van der Waals surface area contributed by atoms with Crippen molar-refractivity contribution in [2.24, 2.45) is 5.92 Å². The fraction of sp³-hybridized carbons (Fsp3) is 0.500. The lowest BCUT2D eigenvalue weighted by molar-refractivity contribution is 0.0727. The second-order valence-corrected chi connectivity index (χ2v) is 5.59. The van der Waals surface area contributed by atoms with Gasteiger partial charge in [0.1, 0.15) is 0 Å². The van der Waals surface area contributed by atoms with Gasteiger partial charge < -0.3 is 14.4 Å². The first kappa shape index (κ1) is 12.6. The highest BCUT2D eigenvalue weighted by atomic mass is 35.5. The first-order valence-electron chi connectivity index (χ1n) is 6.44. The molecule has 2 aliphatic rings. The van der Waals surface area contributed by atoms with E-state index in [0.29, 0.717) is 28.0 Å². The Morgan fingerprint density at radius 1 is 1.42 bits per heavy atom. The average Bonchev–Trinajstić information content (AvgIpc) is 3.14. The number of ether oxygens (including phenoxy) is 2. The molecule has 0 unspecified atom stereocenters. The van der Waals surface area contributed by atoms with Crippen LogP contribution in [0.25, 0.3) is 0 Å². The van der Waals surface area contributed by atoms with E-state index in [1.54, 1.807) is 17.0 Å². The molecule has 1 atom stereocenters. The molecule has 0 radical (unpaired) electrons. The largest absolute Gasteiger partial charge is 0.454 e. The molecule has 1 fully saturated rings. The van der Waals surface area contributed by atoms with Gasteiger partial charge in [0.15, 0.2) is 11.5 Å². The van der Waals surface area contributed by atoms with Gasteiger partial charge >= 0.3 is 0 Å². The first-order valence-corrected chi connectivity index (χ1v) is 6.82. The Labute approximate surface area is 117 Å². The third-order valence-electron chi connectivity index (χ3n) is 3.91. The molecule has 0 spiro atoms. The number of benzene rings is 1. The summed E-state index contributed by atoms with van der Waals surface area (Å²) in [7, 11) is 1.84. The molecular weight excluding hydrogens is 266 g/mol. The topological polar surface area (TPSA) is 38.8 Å². The summed E-state index contributed by atoms with van der Waals surface area (Å²) in [6.07, 6.45) is 2.42. The minimum Gasteiger partial charge on any atom is -0.454 e. The minimum absolute atomic E-state index is 0.0281. The molecule has 5 heteroatoms. The van der Waals surface area contributed by atoms with E-state index in [1.165, 1.54) is 12.8 Å². The van der Waals surface area contributed by atoms with Gasteiger partial charge in [-0.2, -0.15) is 0 Å². The van der Waals surface area contributed by atoms with E-state index in [1.807, 2.05) is 7.05 Å². The Kier molecular flexibility index (Phi) is 3.05. The van der Waals surface area contributed by atoms with Crippen LogP contribution in [-0.2, 0) is 0 Å². The van der Waals surface area contributed by atoms with Crippen LogP contribution in [0.5, 0.6) is 11.5 Å². The van der Waals surface area contributed by atoms with E-state index in [4.69, 9.17) is 21.1 Å². The van der Waals surface area contributed by atoms with Crippen LogP contribution >= 0.6 is 11.6 Å². The predicted molar refractivity (Wildman–Crippen MR) is 71.9 cm³/mol. The summed E-state index contributed by atoms with van der Waals surface area (Å²) in [5.41, 5.74) is 0.546. The van der Waals surface area contributed by atoms with E-state index < -0.39 is 0 Å². The van der Waals surface area contributed by atoms with Crippen LogP contribution in [0.3, 0.4) is 0 Å². The van der Waals surface area contributed by atoms with Crippen LogP contribution in [-0.4, -0.2) is 30.7 Å². The van der Waals surface area contributed by atoms with Crippen molar-refractivity contribution in [3.63, 3.8) is 0 Å². The molecule has 1 aromatic carbocycles. The maximum atomic E-state index is 12.4.